The summed E-state index contributed by atoms with van der Waals surface area (Å²) in [6, 6.07) is 12.4. The molecule has 0 fully saturated rings. The molecule has 2 rings (SSSR count). The molecule has 0 saturated heterocycles. The van der Waals surface area contributed by atoms with Crippen LogP contribution in [0.25, 0.3) is 0 Å². The third kappa shape index (κ3) is 4.15. The number of nitriles is 1. The van der Waals surface area contributed by atoms with Gasteiger partial charge in [-0.2, -0.15) is 5.26 Å². The third-order valence-electron chi connectivity index (χ3n) is 2.72. The summed E-state index contributed by atoms with van der Waals surface area (Å²) in [7, 11) is 0. The number of rotatable bonds is 5. The molecule has 0 radical (unpaired) electrons. The zero-order valence-electron chi connectivity index (χ0n) is 12.0. The number of ether oxygens (including phenoxy) is 1. The van der Waals surface area contributed by atoms with Crippen LogP contribution in [0.4, 0.5) is 11.5 Å². The number of carbonyl (C=O) groups is 1. The van der Waals surface area contributed by atoms with Gasteiger partial charge in [0.15, 0.2) is 5.82 Å². The molecule has 1 N–H and O–H groups in total. The summed E-state index contributed by atoms with van der Waals surface area (Å²) in [4.78, 5) is 14.1. The van der Waals surface area contributed by atoms with E-state index in [0.29, 0.717) is 22.8 Å². The number of carbonyl (C=O) groups excluding carboxylic acids is 1. The van der Waals surface area contributed by atoms with Crippen LogP contribution in [0.3, 0.4) is 0 Å². The van der Waals surface area contributed by atoms with Gasteiger partial charge in [-0.1, -0.05) is 18.7 Å². The summed E-state index contributed by atoms with van der Waals surface area (Å²) in [6.45, 7) is 5.30. The Morgan fingerprint density at radius 1 is 1.27 bits per heavy atom. The van der Waals surface area contributed by atoms with Crippen molar-refractivity contribution in [1.82, 2.24) is 4.98 Å². The smallest absolute Gasteiger partial charge is 0.333 e. The Balaban J connectivity index is 1.95. The Kier molecular flexibility index (Phi) is 4.83. The van der Waals surface area contributed by atoms with Crippen molar-refractivity contribution >= 4 is 17.5 Å². The van der Waals surface area contributed by atoms with Gasteiger partial charge in [-0.15, -0.1) is 10.2 Å². The van der Waals surface area contributed by atoms with E-state index >= 15 is 0 Å². The third-order valence-corrected chi connectivity index (χ3v) is 2.72. The summed E-state index contributed by atoms with van der Waals surface area (Å²) < 4.78 is 5.05. The molecule has 1 aromatic heterocycles. The first kappa shape index (κ1) is 15.2. The molecule has 0 bridgehead atoms. The summed E-state index contributed by atoms with van der Waals surface area (Å²) in [6.07, 6.45) is 0. The highest BCUT2D eigenvalue weighted by Gasteiger charge is 2.03. The molecule has 6 heteroatoms. The lowest BCUT2D eigenvalue weighted by molar-refractivity contribution is -0.140. The number of hydrogen-bond donors (Lipinski definition) is 1. The quantitative estimate of drug-likeness (QED) is 0.514. The van der Waals surface area contributed by atoms with E-state index in [2.05, 4.69) is 21.8 Å². The summed E-state index contributed by atoms with van der Waals surface area (Å²) >= 11 is 0. The van der Waals surface area contributed by atoms with Gasteiger partial charge in [0.25, 0.3) is 0 Å². The summed E-state index contributed by atoms with van der Waals surface area (Å²) in [5.74, 6) is 0.0971. The highest BCUT2D eigenvalue weighted by molar-refractivity contribution is 5.86. The fourth-order valence-electron chi connectivity index (χ4n) is 1.55. The van der Waals surface area contributed by atoms with Crippen LogP contribution in [0.5, 0.6) is 0 Å². The van der Waals surface area contributed by atoms with Crippen LogP contribution in [0.15, 0.2) is 58.8 Å². The Morgan fingerprint density at radius 3 is 2.59 bits per heavy atom. The number of azo groups is 1. The van der Waals surface area contributed by atoms with Crippen molar-refractivity contribution in [2.45, 2.75) is 13.5 Å². The van der Waals surface area contributed by atoms with Gasteiger partial charge in [-0.25, -0.2) is 4.79 Å². The maximum Gasteiger partial charge on any atom is 0.333 e. The van der Waals surface area contributed by atoms with Crippen molar-refractivity contribution in [1.29, 1.82) is 5.26 Å². The van der Waals surface area contributed by atoms with Crippen LogP contribution in [-0.4, -0.2) is 11.0 Å². The number of aromatic amines is 1. The van der Waals surface area contributed by atoms with Gasteiger partial charge < -0.3 is 9.72 Å². The van der Waals surface area contributed by atoms with Gasteiger partial charge in [0, 0.05) is 5.57 Å². The predicted molar refractivity (Wildman–Crippen MR) is 80.7 cm³/mol. The zero-order valence-corrected chi connectivity index (χ0v) is 12.0. The van der Waals surface area contributed by atoms with E-state index in [4.69, 9.17) is 10.00 Å². The fraction of sp³-hybridized carbons (Fsp3) is 0.125. The summed E-state index contributed by atoms with van der Waals surface area (Å²) in [5, 5.41) is 16.7. The number of benzene rings is 1. The maximum absolute atomic E-state index is 11.3. The molecule has 0 aliphatic rings. The van der Waals surface area contributed by atoms with Crippen molar-refractivity contribution in [2.75, 3.05) is 0 Å². The minimum Gasteiger partial charge on any atom is -0.457 e. The molecule has 1 heterocycles. The largest absolute Gasteiger partial charge is 0.457 e. The molecule has 22 heavy (non-hydrogen) atoms. The fourth-order valence-corrected chi connectivity index (χ4v) is 1.55. The van der Waals surface area contributed by atoms with Crippen LogP contribution >= 0.6 is 0 Å². The number of H-pyrrole nitrogens is 1. The van der Waals surface area contributed by atoms with Gasteiger partial charge in [-0.05, 0) is 36.8 Å². The lowest BCUT2D eigenvalue weighted by atomic mass is 10.2. The van der Waals surface area contributed by atoms with E-state index in [1.165, 1.54) is 0 Å². The second-order valence-electron chi connectivity index (χ2n) is 4.59. The van der Waals surface area contributed by atoms with Crippen LogP contribution in [0.2, 0.25) is 0 Å². The molecule has 0 unspecified atom stereocenters. The van der Waals surface area contributed by atoms with Crippen LogP contribution in [-0.2, 0) is 16.1 Å². The standard InChI is InChI=1S/C16H14N4O2/c1-11(2)16(21)22-10-12-3-5-13(6-4-12)19-20-15-8-7-14(9-17)18-15/h3-8,18H,1,10H2,2H3. The second-order valence-corrected chi connectivity index (χ2v) is 4.59. The Bertz CT molecular complexity index is 751. The first-order valence-electron chi connectivity index (χ1n) is 6.51. The number of aromatic nitrogens is 1. The van der Waals surface area contributed by atoms with Crippen molar-refractivity contribution < 1.29 is 9.53 Å². The number of esters is 1. The van der Waals surface area contributed by atoms with Crippen molar-refractivity contribution in [2.24, 2.45) is 10.2 Å². The Morgan fingerprint density at radius 2 is 2.00 bits per heavy atom. The number of hydrogen-bond acceptors (Lipinski definition) is 5. The minimum atomic E-state index is -0.413. The summed E-state index contributed by atoms with van der Waals surface area (Å²) in [5.41, 5.74) is 2.31. The molecule has 0 aliphatic heterocycles. The molecule has 110 valence electrons. The van der Waals surface area contributed by atoms with Crippen molar-refractivity contribution in [3.05, 3.63) is 59.8 Å². The van der Waals surface area contributed by atoms with Gasteiger partial charge >= 0.3 is 5.97 Å². The van der Waals surface area contributed by atoms with Crippen molar-refractivity contribution in [3.63, 3.8) is 0 Å². The molecule has 0 spiro atoms. The Hall–Kier alpha value is -3.20. The molecule has 1 aromatic carbocycles. The maximum atomic E-state index is 11.3. The highest BCUT2D eigenvalue weighted by atomic mass is 16.5. The molecule has 6 nitrogen and oxygen atoms in total. The first-order chi connectivity index (χ1) is 10.6. The van der Waals surface area contributed by atoms with Crippen LogP contribution in [0, 0.1) is 11.3 Å². The van der Waals surface area contributed by atoms with Gasteiger partial charge in [0.05, 0.1) is 5.69 Å². The van der Waals surface area contributed by atoms with E-state index in [1.54, 1.807) is 43.3 Å². The van der Waals surface area contributed by atoms with Crippen molar-refractivity contribution in [3.8, 4) is 6.07 Å². The molecule has 0 aliphatic carbocycles. The topological polar surface area (TPSA) is 90.6 Å². The van der Waals surface area contributed by atoms with Gasteiger partial charge in [0.2, 0.25) is 0 Å². The molecule has 0 atom stereocenters. The number of nitrogens with zero attached hydrogens (tertiary/aromatic N) is 3. The second kappa shape index (κ2) is 6.99. The van der Waals surface area contributed by atoms with E-state index in [0.717, 1.165) is 5.56 Å². The lowest BCUT2D eigenvalue weighted by Crippen LogP contribution is -2.04. The van der Waals surface area contributed by atoms with Crippen LogP contribution < -0.4 is 0 Å². The lowest BCUT2D eigenvalue weighted by Gasteiger charge is -2.04. The molecule has 2 aromatic rings. The first-order valence-corrected chi connectivity index (χ1v) is 6.51. The van der Waals surface area contributed by atoms with Gasteiger partial charge in [-0.3, -0.25) is 0 Å². The number of nitrogens with one attached hydrogen (secondary N) is 1. The average molecular weight is 294 g/mol. The normalized spacial score (nSPS) is 10.4. The molecular weight excluding hydrogens is 280 g/mol. The van der Waals surface area contributed by atoms with E-state index in [9.17, 15) is 4.79 Å². The van der Waals surface area contributed by atoms with Gasteiger partial charge in [0.1, 0.15) is 18.4 Å². The monoisotopic (exact) mass is 294 g/mol. The predicted octanol–water partition coefficient (Wildman–Crippen LogP) is 3.92. The SMILES string of the molecule is C=C(C)C(=O)OCc1ccc(N=Nc2ccc(C#N)[nH]2)cc1. The van der Waals surface area contributed by atoms with E-state index < -0.39 is 5.97 Å². The Labute approximate surface area is 127 Å². The molecule has 0 saturated carbocycles. The van der Waals surface area contributed by atoms with E-state index in [1.807, 2.05) is 6.07 Å². The zero-order chi connectivity index (χ0) is 15.9. The van der Waals surface area contributed by atoms with E-state index in [-0.39, 0.29) is 6.61 Å². The molecule has 0 amide bonds. The highest BCUT2D eigenvalue weighted by Crippen LogP contribution is 2.18. The molecular formula is C16H14N4O2. The average Bonchev–Trinajstić information content (AvgIpc) is 2.99. The van der Waals surface area contributed by atoms with Crippen LogP contribution in [0.1, 0.15) is 18.2 Å². The minimum absolute atomic E-state index is 0.186.